The van der Waals surface area contributed by atoms with E-state index in [9.17, 15) is 9.59 Å². The van der Waals surface area contributed by atoms with Crippen LogP contribution in [0.4, 0.5) is 5.69 Å². The number of nitrogens with zero attached hydrogens (tertiary/aromatic N) is 3. The van der Waals surface area contributed by atoms with E-state index in [2.05, 4.69) is 29.2 Å². The number of hydrogen-bond acceptors (Lipinski definition) is 4. The molecule has 0 spiro atoms. The van der Waals surface area contributed by atoms with Crippen LogP contribution in [0.2, 0.25) is 0 Å². The summed E-state index contributed by atoms with van der Waals surface area (Å²) in [4.78, 5) is 31.7. The second-order valence-electron chi connectivity index (χ2n) is 8.99. The molecule has 0 bridgehead atoms. The van der Waals surface area contributed by atoms with Gasteiger partial charge in [-0.25, -0.2) is 0 Å². The number of rotatable bonds is 5. The molecule has 2 aliphatic heterocycles. The molecule has 3 aromatic rings. The Hall–Kier alpha value is -3.64. The molecular formula is C28H29N3O3. The number of amides is 2. The van der Waals surface area contributed by atoms with Crippen LogP contribution in [0.1, 0.15) is 27.0 Å². The Morgan fingerprint density at radius 1 is 0.853 bits per heavy atom. The van der Waals surface area contributed by atoms with Crippen molar-refractivity contribution in [1.29, 1.82) is 0 Å². The van der Waals surface area contributed by atoms with Gasteiger partial charge in [0, 0.05) is 38.3 Å². The van der Waals surface area contributed by atoms with Crippen LogP contribution in [0.25, 0.3) is 0 Å². The molecule has 174 valence electrons. The number of piperazine rings is 1. The molecule has 34 heavy (non-hydrogen) atoms. The molecule has 1 saturated heterocycles. The lowest BCUT2D eigenvalue weighted by molar-refractivity contribution is -0.121. The number of fused-ring (bicyclic) bond motifs is 1. The van der Waals surface area contributed by atoms with Crippen LogP contribution < -0.4 is 9.64 Å². The molecule has 0 unspecified atom stereocenters. The monoisotopic (exact) mass is 455 g/mol. The zero-order valence-electron chi connectivity index (χ0n) is 19.4. The third-order valence-corrected chi connectivity index (χ3v) is 6.51. The lowest BCUT2D eigenvalue weighted by Gasteiger charge is -2.35. The highest BCUT2D eigenvalue weighted by Crippen LogP contribution is 2.33. The predicted molar refractivity (Wildman–Crippen MR) is 132 cm³/mol. The second kappa shape index (κ2) is 9.69. The highest BCUT2D eigenvalue weighted by Gasteiger charge is 2.26. The lowest BCUT2D eigenvalue weighted by Crippen LogP contribution is -2.48. The van der Waals surface area contributed by atoms with Gasteiger partial charge in [-0.05, 0) is 47.9 Å². The third kappa shape index (κ3) is 4.82. The fourth-order valence-electron chi connectivity index (χ4n) is 4.55. The van der Waals surface area contributed by atoms with Crippen LogP contribution >= 0.6 is 0 Å². The first-order valence-corrected chi connectivity index (χ1v) is 11.7. The van der Waals surface area contributed by atoms with E-state index in [4.69, 9.17) is 4.74 Å². The molecule has 0 atom stereocenters. The molecule has 0 radical (unpaired) electrons. The minimum absolute atomic E-state index is 0.0445. The normalized spacial score (nSPS) is 16.2. The van der Waals surface area contributed by atoms with Gasteiger partial charge in [0.25, 0.3) is 11.8 Å². The Balaban J connectivity index is 1.20. The van der Waals surface area contributed by atoms with Gasteiger partial charge in [0.1, 0.15) is 5.75 Å². The van der Waals surface area contributed by atoms with E-state index in [1.54, 1.807) is 4.90 Å². The smallest absolute Gasteiger partial charge is 0.265 e. The summed E-state index contributed by atoms with van der Waals surface area (Å²) in [6.07, 6.45) is 0. The summed E-state index contributed by atoms with van der Waals surface area (Å²) < 4.78 is 5.57. The number of aryl methyl sites for hydroxylation is 1. The number of anilines is 1. The molecule has 3 aromatic carbocycles. The van der Waals surface area contributed by atoms with Crippen molar-refractivity contribution in [2.75, 3.05) is 37.7 Å². The van der Waals surface area contributed by atoms with Gasteiger partial charge in [0.05, 0.1) is 12.2 Å². The van der Waals surface area contributed by atoms with Gasteiger partial charge in [-0.1, -0.05) is 48.5 Å². The van der Waals surface area contributed by atoms with Gasteiger partial charge in [0.2, 0.25) is 0 Å². The van der Waals surface area contributed by atoms with Crippen LogP contribution in [-0.4, -0.2) is 54.4 Å². The van der Waals surface area contributed by atoms with Crippen molar-refractivity contribution < 1.29 is 14.3 Å². The largest absolute Gasteiger partial charge is 0.482 e. The van der Waals surface area contributed by atoms with Crippen LogP contribution in [0, 0.1) is 6.92 Å². The Labute approximate surface area is 200 Å². The first-order valence-electron chi connectivity index (χ1n) is 11.7. The zero-order valence-corrected chi connectivity index (χ0v) is 19.4. The summed E-state index contributed by atoms with van der Waals surface area (Å²) in [5, 5.41) is 0. The van der Waals surface area contributed by atoms with Crippen LogP contribution in [0.15, 0.2) is 72.8 Å². The summed E-state index contributed by atoms with van der Waals surface area (Å²) in [5.74, 6) is 0.726. The van der Waals surface area contributed by atoms with Crippen LogP contribution in [0.3, 0.4) is 0 Å². The van der Waals surface area contributed by atoms with Crippen molar-refractivity contribution in [2.24, 2.45) is 0 Å². The van der Waals surface area contributed by atoms with Crippen molar-refractivity contribution in [3.8, 4) is 5.75 Å². The van der Waals surface area contributed by atoms with Crippen molar-refractivity contribution >= 4 is 17.5 Å². The molecule has 6 nitrogen and oxygen atoms in total. The Morgan fingerprint density at radius 2 is 1.56 bits per heavy atom. The van der Waals surface area contributed by atoms with E-state index < -0.39 is 0 Å². The van der Waals surface area contributed by atoms with Gasteiger partial charge in [0.15, 0.2) is 6.61 Å². The maximum Gasteiger partial charge on any atom is 0.265 e. The maximum atomic E-state index is 13.0. The number of ether oxygens (including phenoxy) is 1. The Kier molecular flexibility index (Phi) is 6.32. The second-order valence-corrected chi connectivity index (χ2v) is 8.99. The van der Waals surface area contributed by atoms with E-state index in [1.807, 2.05) is 60.4 Å². The summed E-state index contributed by atoms with van der Waals surface area (Å²) in [7, 11) is 0. The quantitative estimate of drug-likeness (QED) is 0.586. The number of hydrogen-bond donors (Lipinski definition) is 0. The molecule has 2 aliphatic rings. The van der Waals surface area contributed by atoms with Crippen molar-refractivity contribution in [1.82, 2.24) is 9.80 Å². The zero-order chi connectivity index (χ0) is 23.5. The topological polar surface area (TPSA) is 53.1 Å². The first-order chi connectivity index (χ1) is 16.6. The highest BCUT2D eigenvalue weighted by atomic mass is 16.5. The molecule has 5 rings (SSSR count). The SMILES string of the molecule is Cc1ccc2c(c1)N(Cc1ccc(C(=O)N3CCN(Cc4ccccc4)CC3)cc1)C(=O)CO2. The molecule has 1 fully saturated rings. The van der Waals surface area contributed by atoms with E-state index in [-0.39, 0.29) is 18.4 Å². The fourth-order valence-corrected chi connectivity index (χ4v) is 4.55. The van der Waals surface area contributed by atoms with Crippen LogP contribution in [-0.2, 0) is 17.9 Å². The van der Waals surface area contributed by atoms with Gasteiger partial charge in [-0.3, -0.25) is 14.5 Å². The fraction of sp³-hybridized carbons (Fsp3) is 0.286. The average molecular weight is 456 g/mol. The molecule has 0 saturated carbocycles. The van der Waals surface area contributed by atoms with E-state index in [1.165, 1.54) is 5.56 Å². The number of carbonyl (C=O) groups excluding carboxylic acids is 2. The van der Waals surface area contributed by atoms with Crippen LogP contribution in [0.5, 0.6) is 5.75 Å². The summed E-state index contributed by atoms with van der Waals surface area (Å²) in [6.45, 7) is 6.61. The van der Waals surface area contributed by atoms with E-state index in [0.717, 1.165) is 55.3 Å². The summed E-state index contributed by atoms with van der Waals surface area (Å²) in [5.41, 5.74) is 4.84. The summed E-state index contributed by atoms with van der Waals surface area (Å²) >= 11 is 0. The Morgan fingerprint density at radius 3 is 2.29 bits per heavy atom. The molecule has 2 heterocycles. The molecule has 2 amide bonds. The van der Waals surface area contributed by atoms with Crippen molar-refractivity contribution in [2.45, 2.75) is 20.0 Å². The van der Waals surface area contributed by atoms with Crippen molar-refractivity contribution in [3.63, 3.8) is 0 Å². The van der Waals surface area contributed by atoms with Gasteiger partial charge in [-0.15, -0.1) is 0 Å². The van der Waals surface area contributed by atoms with E-state index in [0.29, 0.717) is 12.1 Å². The standard InChI is InChI=1S/C28H29N3O3/c1-21-7-12-26-25(17-21)31(27(32)20-34-26)19-23-8-10-24(11-9-23)28(33)30-15-13-29(14-16-30)18-22-5-3-2-4-6-22/h2-12,17H,13-16,18-20H2,1H3. The minimum Gasteiger partial charge on any atom is -0.482 e. The maximum absolute atomic E-state index is 13.0. The predicted octanol–water partition coefficient (Wildman–Crippen LogP) is 3.88. The molecule has 0 N–H and O–H groups in total. The molecular weight excluding hydrogens is 426 g/mol. The average Bonchev–Trinajstić information content (AvgIpc) is 2.87. The molecule has 0 aliphatic carbocycles. The van der Waals surface area contributed by atoms with Crippen molar-refractivity contribution in [3.05, 3.63) is 95.1 Å². The van der Waals surface area contributed by atoms with E-state index >= 15 is 0 Å². The molecule has 0 aromatic heterocycles. The first kappa shape index (κ1) is 22.2. The lowest BCUT2D eigenvalue weighted by atomic mass is 10.1. The van der Waals surface area contributed by atoms with Gasteiger partial charge < -0.3 is 14.5 Å². The highest BCUT2D eigenvalue weighted by molar-refractivity contribution is 5.98. The van der Waals surface area contributed by atoms with Gasteiger partial charge in [-0.2, -0.15) is 0 Å². The Bertz CT molecular complexity index is 1170. The number of benzene rings is 3. The minimum atomic E-state index is -0.0633. The van der Waals surface area contributed by atoms with Gasteiger partial charge >= 0.3 is 0 Å². The summed E-state index contributed by atoms with van der Waals surface area (Å²) in [6, 6.07) is 23.9. The third-order valence-electron chi connectivity index (χ3n) is 6.51. The molecule has 6 heteroatoms. The number of carbonyl (C=O) groups is 2.